The standard InChI is InChI=1S/C16H30N4O4S.CH4/c17-5-7-23-9-10-24-8-6-18-14(21)4-2-1-3-13-15-12(11-25-13)19-16(22)20-15;/h12-13,15H,1-11,17H2,(H,18,21)(H2,19,20,22);1H4. The fourth-order valence-corrected chi connectivity index (χ4v) is 4.57. The van der Waals surface area contributed by atoms with Crippen molar-refractivity contribution in [1.82, 2.24) is 16.0 Å². The van der Waals surface area contributed by atoms with Crippen molar-refractivity contribution >= 4 is 23.7 Å². The number of ether oxygens (including phenoxy) is 2. The fourth-order valence-electron chi connectivity index (χ4n) is 3.03. The van der Waals surface area contributed by atoms with E-state index in [0.717, 1.165) is 25.0 Å². The van der Waals surface area contributed by atoms with Crippen molar-refractivity contribution in [3.63, 3.8) is 0 Å². The van der Waals surface area contributed by atoms with Crippen LogP contribution in [0.2, 0.25) is 0 Å². The molecule has 0 spiro atoms. The van der Waals surface area contributed by atoms with Crippen LogP contribution in [0.4, 0.5) is 4.79 Å². The second-order valence-electron chi connectivity index (χ2n) is 6.23. The number of unbranched alkanes of at least 4 members (excludes halogenated alkanes) is 1. The highest BCUT2D eigenvalue weighted by Crippen LogP contribution is 2.33. The van der Waals surface area contributed by atoms with Gasteiger partial charge in [-0.05, 0) is 12.8 Å². The summed E-state index contributed by atoms with van der Waals surface area (Å²) >= 11 is 1.91. The van der Waals surface area contributed by atoms with Gasteiger partial charge in [-0.25, -0.2) is 4.79 Å². The number of rotatable bonds is 13. The van der Waals surface area contributed by atoms with Gasteiger partial charge in [0.05, 0.1) is 38.5 Å². The first-order chi connectivity index (χ1) is 12.2. The first-order valence-electron chi connectivity index (χ1n) is 9.01. The molecule has 0 aromatic heterocycles. The second kappa shape index (κ2) is 13.2. The van der Waals surface area contributed by atoms with E-state index in [1.165, 1.54) is 0 Å². The Bertz CT molecular complexity index is 428. The highest BCUT2D eigenvalue weighted by Gasteiger charge is 2.42. The fraction of sp³-hybridized carbons (Fsp3) is 0.882. The van der Waals surface area contributed by atoms with Gasteiger partial charge in [-0.1, -0.05) is 13.8 Å². The van der Waals surface area contributed by atoms with Crippen molar-refractivity contribution in [3.05, 3.63) is 0 Å². The van der Waals surface area contributed by atoms with Gasteiger partial charge < -0.3 is 31.2 Å². The number of hydrogen-bond donors (Lipinski definition) is 4. The molecule has 0 bridgehead atoms. The van der Waals surface area contributed by atoms with Crippen LogP contribution in [-0.4, -0.2) is 74.5 Å². The van der Waals surface area contributed by atoms with Crippen LogP contribution in [0.25, 0.3) is 0 Å². The summed E-state index contributed by atoms with van der Waals surface area (Å²) in [5.41, 5.74) is 5.30. The molecule has 2 rings (SSSR count). The Balaban J connectivity index is 0.00000338. The number of carbonyl (C=O) groups is 2. The number of carbonyl (C=O) groups excluding carboxylic acids is 2. The van der Waals surface area contributed by atoms with Crippen LogP contribution < -0.4 is 21.7 Å². The predicted octanol–water partition coefficient (Wildman–Crippen LogP) is 0.456. The molecule has 2 aliphatic heterocycles. The maximum absolute atomic E-state index is 11.8. The first kappa shape index (κ1) is 23.0. The van der Waals surface area contributed by atoms with Crippen molar-refractivity contribution in [2.45, 2.75) is 50.4 Å². The minimum atomic E-state index is -0.0483. The van der Waals surface area contributed by atoms with Crippen molar-refractivity contribution in [2.24, 2.45) is 5.73 Å². The maximum atomic E-state index is 11.8. The Kier molecular flexibility index (Phi) is 11.7. The molecule has 9 heteroatoms. The number of urea groups is 1. The summed E-state index contributed by atoms with van der Waals surface area (Å²) in [4.78, 5) is 23.1. The average Bonchev–Trinajstić information content (AvgIpc) is 3.13. The van der Waals surface area contributed by atoms with Gasteiger partial charge in [0, 0.05) is 30.5 Å². The summed E-state index contributed by atoms with van der Waals surface area (Å²) in [6, 6.07) is 0.469. The summed E-state index contributed by atoms with van der Waals surface area (Å²) in [7, 11) is 0. The molecule has 8 nitrogen and oxygen atoms in total. The topological polar surface area (TPSA) is 115 Å². The monoisotopic (exact) mass is 390 g/mol. The van der Waals surface area contributed by atoms with Gasteiger partial charge in [-0.2, -0.15) is 11.8 Å². The molecule has 0 radical (unpaired) electrons. The van der Waals surface area contributed by atoms with Crippen LogP contribution >= 0.6 is 11.8 Å². The Morgan fingerprint density at radius 1 is 1.19 bits per heavy atom. The number of hydrogen-bond acceptors (Lipinski definition) is 6. The number of nitrogens with one attached hydrogen (secondary N) is 3. The molecule has 3 unspecified atom stereocenters. The molecule has 0 aromatic carbocycles. The van der Waals surface area contributed by atoms with E-state index in [2.05, 4.69) is 16.0 Å². The van der Waals surface area contributed by atoms with Gasteiger partial charge in [0.1, 0.15) is 0 Å². The summed E-state index contributed by atoms with van der Waals surface area (Å²) in [5, 5.41) is 9.25. The smallest absolute Gasteiger partial charge is 0.315 e. The van der Waals surface area contributed by atoms with Crippen LogP contribution in [-0.2, 0) is 14.3 Å². The Morgan fingerprint density at radius 2 is 1.96 bits per heavy atom. The molecule has 26 heavy (non-hydrogen) atoms. The lowest BCUT2D eigenvalue weighted by molar-refractivity contribution is -0.121. The van der Waals surface area contributed by atoms with Crippen molar-refractivity contribution in [3.8, 4) is 0 Å². The maximum Gasteiger partial charge on any atom is 0.315 e. The minimum absolute atomic E-state index is 0. The quantitative estimate of drug-likeness (QED) is 0.268. The summed E-state index contributed by atoms with van der Waals surface area (Å²) in [6.45, 7) is 3.12. The molecule has 2 saturated heterocycles. The van der Waals surface area contributed by atoms with Crippen LogP contribution in [0.15, 0.2) is 0 Å². The minimum Gasteiger partial charge on any atom is -0.378 e. The first-order valence-corrected chi connectivity index (χ1v) is 10.1. The molecule has 5 N–H and O–H groups in total. The van der Waals surface area contributed by atoms with E-state index in [1.54, 1.807) is 0 Å². The van der Waals surface area contributed by atoms with E-state index in [-0.39, 0.29) is 31.4 Å². The molecular formula is C17H34N4O4S. The Morgan fingerprint density at radius 3 is 2.73 bits per heavy atom. The summed E-state index contributed by atoms with van der Waals surface area (Å²) in [5.74, 6) is 1.04. The summed E-state index contributed by atoms with van der Waals surface area (Å²) in [6.07, 6.45) is 3.44. The van der Waals surface area contributed by atoms with Crippen LogP contribution in [0, 0.1) is 0 Å². The van der Waals surface area contributed by atoms with Crippen LogP contribution in [0.5, 0.6) is 0 Å². The molecule has 0 aromatic rings. The van der Waals surface area contributed by atoms with E-state index < -0.39 is 0 Å². The number of amides is 3. The van der Waals surface area contributed by atoms with E-state index in [9.17, 15) is 9.59 Å². The van der Waals surface area contributed by atoms with Gasteiger partial charge >= 0.3 is 6.03 Å². The highest BCUT2D eigenvalue weighted by molar-refractivity contribution is 8.00. The van der Waals surface area contributed by atoms with E-state index in [1.807, 2.05) is 11.8 Å². The average molecular weight is 391 g/mol. The third-order valence-electron chi connectivity index (χ3n) is 4.28. The molecule has 2 aliphatic rings. The lowest BCUT2D eigenvalue weighted by atomic mass is 10.0. The molecule has 3 amide bonds. The third kappa shape index (κ3) is 8.11. The highest BCUT2D eigenvalue weighted by atomic mass is 32.2. The van der Waals surface area contributed by atoms with Crippen LogP contribution in [0.1, 0.15) is 33.1 Å². The van der Waals surface area contributed by atoms with Gasteiger partial charge in [0.15, 0.2) is 0 Å². The SMILES string of the molecule is C.NCCOCCOCCNC(=O)CCCCC1SCC2NC(=O)NC21. The third-order valence-corrected chi connectivity index (χ3v) is 5.79. The van der Waals surface area contributed by atoms with Crippen LogP contribution in [0.3, 0.4) is 0 Å². The van der Waals surface area contributed by atoms with Gasteiger partial charge in [-0.15, -0.1) is 0 Å². The van der Waals surface area contributed by atoms with Crippen molar-refractivity contribution in [1.29, 1.82) is 0 Å². The van der Waals surface area contributed by atoms with Gasteiger partial charge in [-0.3, -0.25) is 4.79 Å². The Labute approximate surface area is 160 Å². The zero-order valence-electron chi connectivity index (χ0n) is 14.6. The zero-order chi connectivity index (χ0) is 17.9. The predicted molar refractivity (Wildman–Crippen MR) is 104 cm³/mol. The number of nitrogens with two attached hydrogens (primary N) is 1. The molecule has 152 valence electrons. The second-order valence-corrected chi connectivity index (χ2v) is 7.50. The largest absolute Gasteiger partial charge is 0.378 e. The Hall–Kier alpha value is -1.03. The van der Waals surface area contributed by atoms with Gasteiger partial charge in [0.25, 0.3) is 0 Å². The lowest BCUT2D eigenvalue weighted by Crippen LogP contribution is -2.36. The lowest BCUT2D eigenvalue weighted by Gasteiger charge is -2.16. The summed E-state index contributed by atoms with van der Waals surface area (Å²) < 4.78 is 10.5. The normalized spacial score (nSPS) is 23.7. The van der Waals surface area contributed by atoms with Crippen molar-refractivity contribution < 1.29 is 19.1 Å². The molecule has 2 fully saturated rings. The van der Waals surface area contributed by atoms with E-state index in [0.29, 0.717) is 51.2 Å². The molecule has 0 aliphatic carbocycles. The van der Waals surface area contributed by atoms with E-state index >= 15 is 0 Å². The molecule has 0 saturated carbocycles. The van der Waals surface area contributed by atoms with E-state index in [4.69, 9.17) is 15.2 Å². The number of thioether (sulfide) groups is 1. The molecule has 3 atom stereocenters. The van der Waals surface area contributed by atoms with Gasteiger partial charge in [0.2, 0.25) is 5.91 Å². The zero-order valence-corrected chi connectivity index (χ0v) is 15.4. The van der Waals surface area contributed by atoms with Crippen molar-refractivity contribution in [2.75, 3.05) is 45.3 Å². The number of fused-ring (bicyclic) bond motifs is 1. The molecule has 2 heterocycles. The molecular weight excluding hydrogens is 356 g/mol.